The van der Waals surface area contributed by atoms with E-state index in [0.717, 1.165) is 0 Å². The van der Waals surface area contributed by atoms with Crippen LogP contribution in [0.5, 0.6) is 0 Å². The van der Waals surface area contributed by atoms with Crippen LogP contribution in [0.4, 0.5) is 0 Å². The number of hydrogen-bond donors (Lipinski definition) is 0. The topological polar surface area (TPSA) is 0 Å². The molecule has 2 aliphatic carbocycles. The molecule has 0 fully saturated rings. The van der Waals surface area contributed by atoms with E-state index < -0.39 is 8.07 Å². The molecule has 2 aromatic rings. The van der Waals surface area contributed by atoms with Gasteiger partial charge in [0.15, 0.2) is 0 Å². The number of hydrogen-bond acceptors (Lipinski definition) is 0. The first-order valence-electron chi connectivity index (χ1n) is 10.1. The van der Waals surface area contributed by atoms with Gasteiger partial charge in [0.25, 0.3) is 0 Å². The maximum absolute atomic E-state index is 2.54. The average Bonchev–Trinajstić information content (AvgIpc) is 2.99. The van der Waals surface area contributed by atoms with E-state index in [1.807, 2.05) is 5.20 Å². The summed E-state index contributed by atoms with van der Waals surface area (Å²) in [7, 11) is -1.18. The van der Waals surface area contributed by atoms with Gasteiger partial charge in [-0.3, -0.25) is 0 Å². The number of fused-ring (bicyclic) bond motifs is 3. The second kappa shape index (κ2) is 9.39. The van der Waals surface area contributed by atoms with Crippen LogP contribution in [0.3, 0.4) is 0 Å². The number of rotatable bonds is 5. The number of halogens is 2. The predicted molar refractivity (Wildman–Crippen MR) is 115 cm³/mol. The minimum atomic E-state index is -1.18. The van der Waals surface area contributed by atoms with Crippen molar-refractivity contribution in [2.24, 2.45) is 0 Å². The molecule has 0 amide bonds. The SMILES string of the molecule is CC[C-](CCC1C2=C(c3ccccc31)[Si]2(C)C)C1C=Cc2ccccc21.[Cl-].[Cl-].[Zr+3]. The standard InChI is InChI=1S/C25H27Si.2ClH.Zr/c1-4-17(20-15-14-18-9-5-6-10-19(18)20)13-16-23-21-11-7-8-12-22(21)24-25(23)26(24,2)3;;;/h5-12,14-15,20,23H,4,13,16H2,1-3H3;2*1H;/q-1;;;+3/p-2. The summed E-state index contributed by atoms with van der Waals surface area (Å²) in [6, 6.07) is 18.1. The van der Waals surface area contributed by atoms with Gasteiger partial charge in [0, 0.05) is 5.92 Å². The van der Waals surface area contributed by atoms with E-state index in [2.05, 4.69) is 80.7 Å². The van der Waals surface area contributed by atoms with E-state index in [4.69, 9.17) is 0 Å². The first-order valence-corrected chi connectivity index (χ1v) is 13.1. The van der Waals surface area contributed by atoms with Crippen molar-refractivity contribution >= 4 is 19.3 Å². The summed E-state index contributed by atoms with van der Waals surface area (Å²) in [5, 5.41) is 3.64. The Kier molecular flexibility index (Phi) is 8.05. The number of benzene rings is 2. The molecule has 0 N–H and O–H groups in total. The van der Waals surface area contributed by atoms with Crippen LogP contribution in [-0.2, 0) is 26.2 Å². The van der Waals surface area contributed by atoms with Crippen LogP contribution in [-0.4, -0.2) is 8.07 Å². The van der Waals surface area contributed by atoms with Crippen molar-refractivity contribution in [3.63, 3.8) is 0 Å². The van der Waals surface area contributed by atoms with Crippen LogP contribution < -0.4 is 24.8 Å². The first-order chi connectivity index (χ1) is 12.6. The molecule has 2 atom stereocenters. The number of allylic oxidation sites excluding steroid dienone is 2. The molecule has 149 valence electrons. The molecule has 0 saturated heterocycles. The molecular formula is C25H27Cl2SiZr. The summed E-state index contributed by atoms with van der Waals surface area (Å²) in [5.41, 5.74) is 6.13. The Hall–Kier alpha value is -0.400. The Morgan fingerprint density at radius 1 is 0.931 bits per heavy atom. The average molecular weight is 518 g/mol. The summed E-state index contributed by atoms with van der Waals surface area (Å²) in [6.45, 7) is 7.43. The zero-order valence-corrected chi connectivity index (χ0v) is 22.3. The van der Waals surface area contributed by atoms with E-state index in [0.29, 0.717) is 11.8 Å². The molecule has 1 aliphatic heterocycles. The molecule has 0 bridgehead atoms. The predicted octanol–water partition coefficient (Wildman–Crippen LogP) is 0.919. The Bertz CT molecular complexity index is 947. The van der Waals surface area contributed by atoms with Gasteiger partial charge in [0.05, 0.1) is 0 Å². The molecule has 2 aromatic carbocycles. The molecule has 29 heavy (non-hydrogen) atoms. The zero-order valence-electron chi connectivity index (χ0n) is 17.3. The minimum Gasteiger partial charge on any atom is -1.00 e. The third-order valence-electron chi connectivity index (χ3n) is 6.91. The summed E-state index contributed by atoms with van der Waals surface area (Å²) < 4.78 is 0. The van der Waals surface area contributed by atoms with Crippen molar-refractivity contribution in [2.45, 2.75) is 51.1 Å². The normalized spacial score (nSPS) is 21.5. The van der Waals surface area contributed by atoms with Gasteiger partial charge in [0.2, 0.25) is 0 Å². The van der Waals surface area contributed by atoms with Gasteiger partial charge >= 0.3 is 26.2 Å². The quantitative estimate of drug-likeness (QED) is 0.409. The van der Waals surface area contributed by atoms with Crippen LogP contribution in [0.25, 0.3) is 11.3 Å². The van der Waals surface area contributed by atoms with Gasteiger partial charge in [0.1, 0.15) is 8.07 Å². The van der Waals surface area contributed by atoms with Gasteiger partial charge in [-0.25, -0.2) is 0 Å². The molecule has 5 rings (SSSR count). The van der Waals surface area contributed by atoms with E-state index in [9.17, 15) is 0 Å². The molecule has 4 heteroatoms. The fourth-order valence-corrected chi connectivity index (χ4v) is 9.69. The first kappa shape index (κ1) is 24.9. The molecule has 0 spiro atoms. The van der Waals surface area contributed by atoms with Crippen LogP contribution in [0.1, 0.15) is 60.3 Å². The molecule has 2 unspecified atom stereocenters. The Morgan fingerprint density at radius 3 is 2.31 bits per heavy atom. The molecule has 1 heterocycles. The smallest absolute Gasteiger partial charge is 1.00 e. The summed E-state index contributed by atoms with van der Waals surface area (Å²) in [6.07, 6.45) is 8.47. The molecule has 1 radical (unpaired) electrons. The van der Waals surface area contributed by atoms with Crippen molar-refractivity contribution in [1.29, 1.82) is 0 Å². The van der Waals surface area contributed by atoms with E-state index >= 15 is 0 Å². The largest absolute Gasteiger partial charge is 3.00 e. The minimum absolute atomic E-state index is 0. The Balaban J connectivity index is 0.000001000. The summed E-state index contributed by atoms with van der Waals surface area (Å²) in [4.78, 5) is 0. The van der Waals surface area contributed by atoms with Crippen molar-refractivity contribution in [3.05, 3.63) is 88.0 Å². The molecule has 3 aliphatic rings. The molecule has 0 saturated carbocycles. The van der Waals surface area contributed by atoms with E-state index in [1.165, 1.54) is 30.4 Å². The van der Waals surface area contributed by atoms with Crippen molar-refractivity contribution in [2.75, 3.05) is 0 Å². The molecule has 0 aromatic heterocycles. The van der Waals surface area contributed by atoms with Gasteiger partial charge in [-0.05, 0) is 16.7 Å². The summed E-state index contributed by atoms with van der Waals surface area (Å²) in [5.74, 6) is 2.94. The fraction of sp³-hybridized carbons (Fsp3) is 0.320. The van der Waals surface area contributed by atoms with Gasteiger partial charge in [-0.2, -0.15) is 12.8 Å². The van der Waals surface area contributed by atoms with Crippen molar-refractivity contribution in [3.8, 4) is 0 Å². The second-order valence-corrected chi connectivity index (χ2v) is 12.9. The van der Waals surface area contributed by atoms with Gasteiger partial charge in [-0.15, -0.1) is 12.0 Å². The maximum Gasteiger partial charge on any atom is 3.00 e. The van der Waals surface area contributed by atoms with Crippen LogP contribution >= 0.6 is 0 Å². The van der Waals surface area contributed by atoms with E-state index in [-0.39, 0.29) is 51.0 Å². The molecule has 0 nitrogen and oxygen atoms in total. The Morgan fingerprint density at radius 2 is 1.59 bits per heavy atom. The fourth-order valence-electron chi connectivity index (χ4n) is 5.56. The zero-order chi connectivity index (χ0) is 17.9. The van der Waals surface area contributed by atoms with Crippen molar-refractivity contribution in [1.82, 2.24) is 0 Å². The van der Waals surface area contributed by atoms with Crippen LogP contribution in [0.2, 0.25) is 13.1 Å². The van der Waals surface area contributed by atoms with Gasteiger partial charge < -0.3 is 30.7 Å². The van der Waals surface area contributed by atoms with Crippen LogP contribution in [0, 0.1) is 5.92 Å². The monoisotopic (exact) mass is 515 g/mol. The Labute approximate surface area is 208 Å². The third kappa shape index (κ3) is 3.96. The van der Waals surface area contributed by atoms with Gasteiger partial charge in [-0.1, -0.05) is 97.0 Å². The van der Waals surface area contributed by atoms with Crippen LogP contribution in [0.15, 0.2) is 59.8 Å². The van der Waals surface area contributed by atoms with Crippen molar-refractivity contribution < 1.29 is 51.0 Å². The maximum atomic E-state index is 2.54. The third-order valence-corrected chi connectivity index (χ3v) is 10.4. The van der Waals surface area contributed by atoms with E-state index in [1.54, 1.807) is 22.2 Å². The summed E-state index contributed by atoms with van der Waals surface area (Å²) >= 11 is 0. The molecular weight excluding hydrogens is 490 g/mol. The second-order valence-electron chi connectivity index (χ2n) is 8.57.